The van der Waals surface area contributed by atoms with Crippen molar-refractivity contribution < 1.29 is 9.53 Å². The third-order valence-corrected chi connectivity index (χ3v) is 6.29. The van der Waals surface area contributed by atoms with E-state index in [0.717, 1.165) is 29.8 Å². The molecule has 0 spiro atoms. The van der Waals surface area contributed by atoms with Crippen molar-refractivity contribution in [2.24, 2.45) is 0 Å². The maximum absolute atomic E-state index is 12.0. The summed E-state index contributed by atoms with van der Waals surface area (Å²) in [5, 5.41) is 13.9. The molecule has 0 saturated carbocycles. The van der Waals surface area contributed by atoms with Crippen molar-refractivity contribution in [1.82, 2.24) is 25.1 Å². The van der Waals surface area contributed by atoms with E-state index in [-0.39, 0.29) is 6.09 Å². The zero-order chi connectivity index (χ0) is 24.2. The SMILES string of the molecule is CCOC(=O)N1CCC(c2cc(C)c(Nc3ncc(Cl)c(Nc4cc(C)[nH]n4)n3)cc2C)CC1. The first-order valence-corrected chi connectivity index (χ1v) is 11.8. The first-order chi connectivity index (χ1) is 16.3. The van der Waals surface area contributed by atoms with Gasteiger partial charge in [0.05, 0.1) is 12.8 Å². The highest BCUT2D eigenvalue weighted by Gasteiger charge is 2.26. The molecule has 1 amide bonds. The second kappa shape index (κ2) is 10.3. The Bertz CT molecular complexity index is 1170. The second-order valence-corrected chi connectivity index (χ2v) is 8.97. The van der Waals surface area contributed by atoms with Crippen LogP contribution in [-0.2, 0) is 4.74 Å². The number of carbonyl (C=O) groups is 1. The molecule has 3 N–H and O–H groups in total. The van der Waals surface area contributed by atoms with Gasteiger partial charge >= 0.3 is 6.09 Å². The van der Waals surface area contributed by atoms with Gasteiger partial charge in [0.2, 0.25) is 5.95 Å². The van der Waals surface area contributed by atoms with Crippen LogP contribution in [0.1, 0.15) is 48.1 Å². The summed E-state index contributed by atoms with van der Waals surface area (Å²) < 4.78 is 5.14. The van der Waals surface area contributed by atoms with Gasteiger partial charge < -0.3 is 20.3 Å². The minimum Gasteiger partial charge on any atom is -0.450 e. The highest BCUT2D eigenvalue weighted by atomic mass is 35.5. The van der Waals surface area contributed by atoms with Gasteiger partial charge in [0.15, 0.2) is 11.6 Å². The summed E-state index contributed by atoms with van der Waals surface area (Å²) in [5.41, 5.74) is 5.49. The van der Waals surface area contributed by atoms with Crippen molar-refractivity contribution in [2.45, 2.75) is 46.5 Å². The van der Waals surface area contributed by atoms with E-state index < -0.39 is 0 Å². The number of benzene rings is 1. The zero-order valence-electron chi connectivity index (χ0n) is 19.9. The van der Waals surface area contributed by atoms with Crippen LogP contribution < -0.4 is 10.6 Å². The van der Waals surface area contributed by atoms with Crippen LogP contribution in [0.3, 0.4) is 0 Å². The minimum absolute atomic E-state index is 0.215. The van der Waals surface area contributed by atoms with Gasteiger partial charge in [-0.1, -0.05) is 17.7 Å². The van der Waals surface area contributed by atoms with E-state index in [1.54, 1.807) is 11.1 Å². The number of aromatic nitrogens is 4. The number of aromatic amines is 1. The van der Waals surface area contributed by atoms with E-state index in [9.17, 15) is 4.79 Å². The van der Waals surface area contributed by atoms with Gasteiger partial charge in [-0.25, -0.2) is 9.78 Å². The summed E-state index contributed by atoms with van der Waals surface area (Å²) in [6, 6.07) is 6.23. The maximum Gasteiger partial charge on any atom is 0.409 e. The van der Waals surface area contributed by atoms with Gasteiger partial charge in [0, 0.05) is 30.5 Å². The van der Waals surface area contributed by atoms with E-state index >= 15 is 0 Å². The Kier molecular flexibility index (Phi) is 7.21. The number of carbonyl (C=O) groups excluding carboxylic acids is 1. The predicted molar refractivity (Wildman–Crippen MR) is 133 cm³/mol. The quantitative estimate of drug-likeness (QED) is 0.418. The van der Waals surface area contributed by atoms with Gasteiger partial charge in [0.25, 0.3) is 0 Å². The second-order valence-electron chi connectivity index (χ2n) is 8.56. The minimum atomic E-state index is -0.215. The summed E-state index contributed by atoms with van der Waals surface area (Å²) in [5.74, 6) is 1.97. The maximum atomic E-state index is 12.0. The van der Waals surface area contributed by atoms with E-state index in [1.165, 1.54) is 11.1 Å². The number of ether oxygens (including phenoxy) is 1. The van der Waals surface area contributed by atoms with Crippen LogP contribution in [0.5, 0.6) is 0 Å². The Balaban J connectivity index is 1.46. The predicted octanol–water partition coefficient (Wildman–Crippen LogP) is 5.60. The smallest absolute Gasteiger partial charge is 0.409 e. The number of nitrogens with one attached hydrogen (secondary N) is 3. The number of aryl methyl sites for hydroxylation is 3. The molecule has 1 fully saturated rings. The molecule has 0 bridgehead atoms. The molecule has 3 heterocycles. The molecule has 3 aromatic rings. The first kappa shape index (κ1) is 23.8. The lowest BCUT2D eigenvalue weighted by Gasteiger charge is -2.32. The van der Waals surface area contributed by atoms with Gasteiger partial charge in [-0.2, -0.15) is 10.1 Å². The summed E-state index contributed by atoms with van der Waals surface area (Å²) in [7, 11) is 0. The van der Waals surface area contributed by atoms with Crippen LogP contribution in [0, 0.1) is 20.8 Å². The average Bonchev–Trinajstić information content (AvgIpc) is 3.23. The van der Waals surface area contributed by atoms with Crippen LogP contribution in [0.25, 0.3) is 0 Å². The van der Waals surface area contributed by atoms with Gasteiger partial charge in [0.1, 0.15) is 5.02 Å². The number of amides is 1. The van der Waals surface area contributed by atoms with E-state index in [1.807, 2.05) is 19.9 Å². The molecule has 4 rings (SSSR count). The molecule has 0 aliphatic carbocycles. The lowest BCUT2D eigenvalue weighted by Crippen LogP contribution is -2.38. The molecule has 0 unspecified atom stereocenters. The number of nitrogens with zero attached hydrogens (tertiary/aromatic N) is 4. The van der Waals surface area contributed by atoms with Crippen molar-refractivity contribution in [1.29, 1.82) is 0 Å². The summed E-state index contributed by atoms with van der Waals surface area (Å²) in [6.07, 6.45) is 3.20. The Hall–Kier alpha value is -3.33. The van der Waals surface area contributed by atoms with Gasteiger partial charge in [-0.3, -0.25) is 5.10 Å². The van der Waals surface area contributed by atoms with Gasteiger partial charge in [-0.05, 0) is 69.2 Å². The van der Waals surface area contributed by atoms with Crippen molar-refractivity contribution >= 4 is 41.0 Å². The number of hydrogen-bond donors (Lipinski definition) is 3. The van der Waals surface area contributed by atoms with Crippen LogP contribution in [0.15, 0.2) is 24.4 Å². The topological polar surface area (TPSA) is 108 Å². The third kappa shape index (κ3) is 5.41. The van der Waals surface area contributed by atoms with Crippen molar-refractivity contribution in [3.05, 3.63) is 51.8 Å². The fourth-order valence-electron chi connectivity index (χ4n) is 4.24. The van der Waals surface area contributed by atoms with Crippen LogP contribution in [-0.4, -0.2) is 50.9 Å². The van der Waals surface area contributed by atoms with Crippen molar-refractivity contribution in [3.63, 3.8) is 0 Å². The lowest BCUT2D eigenvalue weighted by atomic mass is 9.85. The Morgan fingerprint density at radius 1 is 1.18 bits per heavy atom. The molecule has 34 heavy (non-hydrogen) atoms. The number of likely N-dealkylation sites (tertiary alicyclic amines) is 1. The number of piperidine rings is 1. The monoisotopic (exact) mass is 483 g/mol. The highest BCUT2D eigenvalue weighted by molar-refractivity contribution is 6.32. The number of rotatable bonds is 6. The number of halogens is 1. The van der Waals surface area contributed by atoms with Gasteiger partial charge in [-0.15, -0.1) is 0 Å². The van der Waals surface area contributed by atoms with Crippen molar-refractivity contribution in [3.8, 4) is 0 Å². The van der Waals surface area contributed by atoms with E-state index in [0.29, 0.717) is 48.2 Å². The Morgan fingerprint density at radius 3 is 2.62 bits per heavy atom. The van der Waals surface area contributed by atoms with E-state index in [4.69, 9.17) is 16.3 Å². The van der Waals surface area contributed by atoms with Crippen LogP contribution in [0.2, 0.25) is 5.02 Å². The number of hydrogen-bond acceptors (Lipinski definition) is 7. The zero-order valence-corrected chi connectivity index (χ0v) is 20.7. The Morgan fingerprint density at radius 2 is 1.94 bits per heavy atom. The summed E-state index contributed by atoms with van der Waals surface area (Å²) in [4.78, 5) is 22.7. The number of H-pyrrole nitrogens is 1. The normalized spacial score (nSPS) is 14.2. The molecule has 0 radical (unpaired) electrons. The third-order valence-electron chi connectivity index (χ3n) is 6.02. The molecule has 9 nitrogen and oxygen atoms in total. The fraction of sp³-hybridized carbons (Fsp3) is 0.417. The molecule has 2 aromatic heterocycles. The summed E-state index contributed by atoms with van der Waals surface area (Å²) in [6.45, 7) is 9.78. The Labute approximate surface area is 204 Å². The van der Waals surface area contributed by atoms with Crippen LogP contribution in [0.4, 0.5) is 28.1 Å². The van der Waals surface area contributed by atoms with Crippen molar-refractivity contribution in [2.75, 3.05) is 30.3 Å². The fourth-order valence-corrected chi connectivity index (χ4v) is 4.38. The highest BCUT2D eigenvalue weighted by Crippen LogP contribution is 2.34. The van der Waals surface area contributed by atoms with Crippen LogP contribution >= 0.6 is 11.6 Å². The molecule has 0 atom stereocenters. The molecule has 180 valence electrons. The van der Waals surface area contributed by atoms with E-state index in [2.05, 4.69) is 56.8 Å². The molecule has 1 saturated heterocycles. The standard InChI is InChI=1S/C24H30ClN7O2/c1-5-34-24(33)32-8-6-17(7-9-32)18-10-15(3)20(11-14(18)2)27-23-26-13-19(25)22(29-23)28-21-12-16(4)30-31-21/h10-13,17H,5-9H2,1-4H3,(H3,26,27,28,29,30,31). The largest absolute Gasteiger partial charge is 0.450 e. The molecule has 1 aliphatic rings. The molecular formula is C24H30ClN7O2. The molecular weight excluding hydrogens is 454 g/mol. The molecule has 1 aliphatic heterocycles. The molecule has 10 heteroatoms. The number of anilines is 4. The summed E-state index contributed by atoms with van der Waals surface area (Å²) >= 11 is 6.28. The average molecular weight is 484 g/mol. The lowest BCUT2D eigenvalue weighted by molar-refractivity contribution is 0.0970. The molecule has 1 aromatic carbocycles. The first-order valence-electron chi connectivity index (χ1n) is 11.5.